The summed E-state index contributed by atoms with van der Waals surface area (Å²) in [6.45, 7) is 0. The van der Waals surface area contributed by atoms with Crippen LogP contribution in [-0.4, -0.2) is 25.6 Å². The molecule has 3 rings (SSSR count). The van der Waals surface area contributed by atoms with E-state index in [9.17, 15) is 4.79 Å². The lowest BCUT2D eigenvalue weighted by atomic mass is 10.1. The Labute approximate surface area is 103 Å². The van der Waals surface area contributed by atoms with Gasteiger partial charge in [0.25, 0.3) is 0 Å². The number of nitrogens with one attached hydrogen (secondary N) is 1. The number of fused-ring (bicyclic) bond motifs is 1. The van der Waals surface area contributed by atoms with Crippen molar-refractivity contribution in [2.24, 2.45) is 7.05 Å². The summed E-state index contributed by atoms with van der Waals surface area (Å²) < 4.78 is 1.72. The molecule has 0 unspecified atom stereocenters. The molecule has 5 nitrogen and oxygen atoms in total. The van der Waals surface area contributed by atoms with E-state index < -0.39 is 5.97 Å². The summed E-state index contributed by atoms with van der Waals surface area (Å²) in [4.78, 5) is 18.2. The lowest BCUT2D eigenvalue weighted by molar-refractivity contribution is 0.0691. The molecule has 0 aliphatic carbocycles. The second-order valence-corrected chi connectivity index (χ2v) is 4.11. The van der Waals surface area contributed by atoms with Gasteiger partial charge in [-0.05, 0) is 6.07 Å². The van der Waals surface area contributed by atoms with Crippen molar-refractivity contribution < 1.29 is 9.90 Å². The normalized spacial score (nSPS) is 10.9. The Morgan fingerprint density at radius 1 is 1.39 bits per heavy atom. The second-order valence-electron chi connectivity index (χ2n) is 4.11. The van der Waals surface area contributed by atoms with Crippen LogP contribution < -0.4 is 0 Å². The number of hydrogen-bond donors (Lipinski definition) is 2. The highest BCUT2D eigenvalue weighted by Gasteiger charge is 2.15. The van der Waals surface area contributed by atoms with Crippen LogP contribution >= 0.6 is 0 Å². The van der Waals surface area contributed by atoms with Crippen LogP contribution in [0.15, 0.2) is 36.7 Å². The highest BCUT2D eigenvalue weighted by Crippen LogP contribution is 2.27. The molecule has 0 aliphatic rings. The van der Waals surface area contributed by atoms with Crippen molar-refractivity contribution in [1.29, 1.82) is 0 Å². The van der Waals surface area contributed by atoms with Gasteiger partial charge < -0.3 is 14.7 Å². The number of rotatable bonds is 2. The predicted molar refractivity (Wildman–Crippen MR) is 67.5 cm³/mol. The zero-order valence-electron chi connectivity index (χ0n) is 9.71. The Morgan fingerprint density at radius 2 is 2.17 bits per heavy atom. The highest BCUT2D eigenvalue weighted by atomic mass is 16.4. The average Bonchev–Trinajstić information content (AvgIpc) is 2.92. The number of aromatic amines is 1. The molecule has 0 radical (unpaired) electrons. The van der Waals surface area contributed by atoms with Crippen LogP contribution in [0.25, 0.3) is 22.3 Å². The Morgan fingerprint density at radius 3 is 2.89 bits per heavy atom. The summed E-state index contributed by atoms with van der Waals surface area (Å²) in [5, 5.41) is 9.98. The van der Waals surface area contributed by atoms with Gasteiger partial charge in [-0.3, -0.25) is 0 Å². The zero-order valence-corrected chi connectivity index (χ0v) is 9.71. The van der Waals surface area contributed by atoms with Gasteiger partial charge in [0.1, 0.15) is 5.82 Å². The lowest BCUT2D eigenvalue weighted by Gasteiger charge is -1.98. The van der Waals surface area contributed by atoms with E-state index in [0.29, 0.717) is 5.82 Å². The largest absolute Gasteiger partial charge is 0.476 e. The van der Waals surface area contributed by atoms with Crippen molar-refractivity contribution in [2.75, 3.05) is 0 Å². The first-order valence-electron chi connectivity index (χ1n) is 5.50. The quantitative estimate of drug-likeness (QED) is 0.723. The van der Waals surface area contributed by atoms with Gasteiger partial charge in [0.15, 0.2) is 5.69 Å². The van der Waals surface area contributed by atoms with Gasteiger partial charge in [0.05, 0.1) is 0 Å². The molecular formula is C13H11N3O2. The molecule has 0 spiro atoms. The molecule has 0 aliphatic heterocycles. The lowest BCUT2D eigenvalue weighted by Crippen LogP contribution is -1.95. The van der Waals surface area contributed by atoms with E-state index >= 15 is 0 Å². The third-order valence-electron chi connectivity index (χ3n) is 2.93. The number of aryl methyl sites for hydroxylation is 1. The Kier molecular flexibility index (Phi) is 2.19. The molecular weight excluding hydrogens is 230 g/mol. The molecule has 0 amide bonds. The summed E-state index contributed by atoms with van der Waals surface area (Å²) in [5.41, 5.74) is 1.96. The predicted octanol–water partition coefficient (Wildman–Crippen LogP) is 2.27. The Hall–Kier alpha value is -2.56. The number of para-hydroxylation sites is 1. The van der Waals surface area contributed by atoms with Gasteiger partial charge in [0, 0.05) is 35.9 Å². The number of benzene rings is 1. The van der Waals surface area contributed by atoms with E-state index in [1.54, 1.807) is 11.6 Å². The van der Waals surface area contributed by atoms with Crippen LogP contribution in [0, 0.1) is 0 Å². The van der Waals surface area contributed by atoms with E-state index in [1.165, 1.54) is 6.20 Å². The summed E-state index contributed by atoms with van der Waals surface area (Å²) in [5.74, 6) is -0.374. The molecule has 2 heterocycles. The van der Waals surface area contributed by atoms with E-state index in [4.69, 9.17) is 5.11 Å². The van der Waals surface area contributed by atoms with Crippen LogP contribution in [0.2, 0.25) is 0 Å². The maximum absolute atomic E-state index is 10.9. The minimum atomic E-state index is -1.02. The molecule has 5 heteroatoms. The monoisotopic (exact) mass is 241 g/mol. The Bertz CT molecular complexity index is 740. The number of H-pyrrole nitrogens is 1. The molecule has 0 atom stereocenters. The molecule has 0 fully saturated rings. The molecule has 0 saturated carbocycles. The number of nitrogens with zero attached hydrogens (tertiary/aromatic N) is 2. The number of carboxylic acid groups (broad SMARTS) is 1. The smallest absolute Gasteiger partial charge is 0.356 e. The summed E-state index contributed by atoms with van der Waals surface area (Å²) in [6.07, 6.45) is 3.36. The number of aromatic carboxylic acids is 1. The van der Waals surface area contributed by atoms with Crippen molar-refractivity contribution in [2.45, 2.75) is 0 Å². The fraction of sp³-hybridized carbons (Fsp3) is 0.0769. The van der Waals surface area contributed by atoms with Gasteiger partial charge >= 0.3 is 5.97 Å². The molecule has 2 N–H and O–H groups in total. The van der Waals surface area contributed by atoms with Gasteiger partial charge in [0.2, 0.25) is 0 Å². The number of carbonyl (C=O) groups is 1. The van der Waals surface area contributed by atoms with Crippen LogP contribution in [-0.2, 0) is 7.05 Å². The third kappa shape index (κ3) is 1.48. The summed E-state index contributed by atoms with van der Waals surface area (Å²) in [6, 6.07) is 7.85. The van der Waals surface area contributed by atoms with Gasteiger partial charge in [-0.15, -0.1) is 0 Å². The molecule has 18 heavy (non-hydrogen) atoms. The molecule has 2 aromatic heterocycles. The van der Waals surface area contributed by atoms with E-state index in [-0.39, 0.29) is 5.69 Å². The maximum Gasteiger partial charge on any atom is 0.356 e. The van der Waals surface area contributed by atoms with E-state index in [0.717, 1.165) is 16.5 Å². The van der Waals surface area contributed by atoms with Crippen LogP contribution in [0.3, 0.4) is 0 Å². The first-order chi connectivity index (χ1) is 8.66. The van der Waals surface area contributed by atoms with Gasteiger partial charge in [-0.2, -0.15) is 0 Å². The van der Waals surface area contributed by atoms with Crippen LogP contribution in [0.1, 0.15) is 10.5 Å². The number of aromatic nitrogens is 3. The van der Waals surface area contributed by atoms with Crippen molar-refractivity contribution in [3.8, 4) is 11.4 Å². The van der Waals surface area contributed by atoms with Crippen molar-refractivity contribution >= 4 is 16.9 Å². The summed E-state index contributed by atoms with van der Waals surface area (Å²) >= 11 is 0. The number of imidazole rings is 1. The fourth-order valence-corrected chi connectivity index (χ4v) is 2.08. The molecule has 3 aromatic rings. The fourth-order valence-electron chi connectivity index (χ4n) is 2.08. The topological polar surface area (TPSA) is 70.9 Å². The average molecular weight is 241 g/mol. The molecule has 90 valence electrons. The van der Waals surface area contributed by atoms with Crippen molar-refractivity contribution in [3.05, 3.63) is 42.4 Å². The maximum atomic E-state index is 10.9. The minimum absolute atomic E-state index is 0.0535. The van der Waals surface area contributed by atoms with Crippen molar-refractivity contribution in [3.63, 3.8) is 0 Å². The van der Waals surface area contributed by atoms with Gasteiger partial charge in [-0.25, -0.2) is 9.78 Å². The zero-order chi connectivity index (χ0) is 12.7. The van der Waals surface area contributed by atoms with E-state index in [1.807, 2.05) is 30.5 Å². The second kappa shape index (κ2) is 3.73. The van der Waals surface area contributed by atoms with E-state index in [2.05, 4.69) is 9.97 Å². The van der Waals surface area contributed by atoms with Crippen molar-refractivity contribution in [1.82, 2.24) is 14.5 Å². The molecule has 1 aromatic carbocycles. The Balaban J connectivity index is 2.23. The SMILES string of the molecule is Cn1cc(C(=O)O)nc1-c1c[nH]c2ccccc12. The molecule has 0 saturated heterocycles. The van der Waals surface area contributed by atoms with Crippen LogP contribution in [0.5, 0.6) is 0 Å². The van der Waals surface area contributed by atoms with Gasteiger partial charge in [-0.1, -0.05) is 18.2 Å². The first-order valence-corrected chi connectivity index (χ1v) is 5.50. The summed E-state index contributed by atoms with van der Waals surface area (Å²) in [7, 11) is 1.79. The highest BCUT2D eigenvalue weighted by molar-refractivity contribution is 5.94. The standard InChI is InChI=1S/C13H11N3O2/c1-16-7-11(13(17)18)15-12(16)9-6-14-10-5-3-2-4-8(9)10/h2-7,14H,1H3,(H,17,18). The third-order valence-corrected chi connectivity index (χ3v) is 2.93. The molecule has 0 bridgehead atoms. The van der Waals surface area contributed by atoms with Crippen LogP contribution in [0.4, 0.5) is 0 Å². The number of carboxylic acids is 1. The number of hydrogen-bond acceptors (Lipinski definition) is 2. The minimum Gasteiger partial charge on any atom is -0.476 e. The first kappa shape index (κ1) is 10.6.